The number of carboxylic acid groups (broad SMARTS) is 1. The van der Waals surface area contributed by atoms with E-state index in [4.69, 9.17) is 9.84 Å². The number of unbranched alkanes of at least 4 members (excludes halogenated alkanes) is 2. The van der Waals surface area contributed by atoms with Crippen LogP contribution in [0.3, 0.4) is 0 Å². The zero-order chi connectivity index (χ0) is 25.4. The molecule has 1 atom stereocenters. The third kappa shape index (κ3) is 7.57. The molecule has 7 nitrogen and oxygen atoms in total. The maximum absolute atomic E-state index is 12.8. The molecule has 7 heteroatoms. The number of benzene rings is 2. The van der Waals surface area contributed by atoms with Crippen molar-refractivity contribution >= 4 is 18.0 Å². The lowest BCUT2D eigenvalue weighted by Gasteiger charge is -2.26. The van der Waals surface area contributed by atoms with Gasteiger partial charge in [0.05, 0.1) is 0 Å². The number of fused-ring (bicyclic) bond motifs is 3. The molecule has 0 saturated heterocycles. The summed E-state index contributed by atoms with van der Waals surface area (Å²) in [6, 6.07) is 15.6. The van der Waals surface area contributed by atoms with Gasteiger partial charge < -0.3 is 20.5 Å². The van der Waals surface area contributed by atoms with E-state index in [1.807, 2.05) is 45.0 Å². The third-order valence-corrected chi connectivity index (χ3v) is 6.14. The first-order valence-corrected chi connectivity index (χ1v) is 12.3. The minimum atomic E-state index is -0.813. The van der Waals surface area contributed by atoms with Crippen LogP contribution in [0.5, 0.6) is 0 Å². The summed E-state index contributed by atoms with van der Waals surface area (Å²) in [7, 11) is 0. The number of rotatable bonds is 11. The van der Waals surface area contributed by atoms with Crippen LogP contribution in [0.25, 0.3) is 11.1 Å². The lowest BCUT2D eigenvalue weighted by molar-refractivity contribution is -0.137. The molecule has 0 bridgehead atoms. The molecule has 3 N–H and O–H groups in total. The Kier molecular flexibility index (Phi) is 8.90. The summed E-state index contributed by atoms with van der Waals surface area (Å²) in [5.74, 6) is -1.12. The number of nitrogens with one attached hydrogen (secondary N) is 2. The summed E-state index contributed by atoms with van der Waals surface area (Å²) in [5.41, 5.74) is 4.40. The van der Waals surface area contributed by atoms with E-state index in [0.29, 0.717) is 25.8 Å². The fourth-order valence-corrected chi connectivity index (χ4v) is 4.52. The number of amides is 2. The van der Waals surface area contributed by atoms with Crippen LogP contribution in [0, 0.1) is 5.41 Å². The van der Waals surface area contributed by atoms with Crippen LogP contribution in [-0.4, -0.2) is 42.3 Å². The summed E-state index contributed by atoms with van der Waals surface area (Å²) < 4.78 is 5.63. The van der Waals surface area contributed by atoms with Gasteiger partial charge in [-0.25, -0.2) is 4.79 Å². The van der Waals surface area contributed by atoms with Crippen molar-refractivity contribution in [3.05, 3.63) is 59.7 Å². The zero-order valence-electron chi connectivity index (χ0n) is 20.8. The van der Waals surface area contributed by atoms with Gasteiger partial charge in [-0.15, -0.1) is 0 Å². The number of carbonyl (C=O) groups is 3. The van der Waals surface area contributed by atoms with Gasteiger partial charge in [0, 0.05) is 18.9 Å². The van der Waals surface area contributed by atoms with E-state index in [2.05, 4.69) is 34.9 Å². The molecule has 1 aliphatic carbocycles. The maximum Gasteiger partial charge on any atom is 0.407 e. The van der Waals surface area contributed by atoms with Gasteiger partial charge in [0.1, 0.15) is 12.6 Å². The number of alkyl carbamates (subject to hydrolysis) is 1. The molecule has 2 amide bonds. The average molecular weight is 481 g/mol. The topological polar surface area (TPSA) is 105 Å². The second-order valence-corrected chi connectivity index (χ2v) is 10.3. The minimum Gasteiger partial charge on any atom is -0.481 e. The highest BCUT2D eigenvalue weighted by atomic mass is 16.5. The molecule has 0 aromatic heterocycles. The Labute approximate surface area is 207 Å². The number of carboxylic acids is 1. The predicted molar refractivity (Wildman–Crippen MR) is 135 cm³/mol. The summed E-state index contributed by atoms with van der Waals surface area (Å²) in [5, 5.41) is 14.3. The van der Waals surface area contributed by atoms with E-state index in [0.717, 1.165) is 28.7 Å². The second kappa shape index (κ2) is 11.9. The van der Waals surface area contributed by atoms with Crippen molar-refractivity contribution in [2.75, 3.05) is 13.2 Å². The summed E-state index contributed by atoms with van der Waals surface area (Å²) in [4.78, 5) is 36.1. The van der Waals surface area contributed by atoms with Gasteiger partial charge >= 0.3 is 12.1 Å². The first kappa shape index (κ1) is 26.3. The Morgan fingerprint density at radius 3 is 2.11 bits per heavy atom. The van der Waals surface area contributed by atoms with Crippen LogP contribution in [0.1, 0.15) is 69.9 Å². The van der Waals surface area contributed by atoms with Gasteiger partial charge in [-0.05, 0) is 46.9 Å². The smallest absolute Gasteiger partial charge is 0.407 e. The Bertz CT molecular complexity index is 998. The molecule has 0 spiro atoms. The highest BCUT2D eigenvalue weighted by Gasteiger charge is 2.30. The maximum atomic E-state index is 12.8. The van der Waals surface area contributed by atoms with Gasteiger partial charge in [0.25, 0.3) is 0 Å². The number of hydrogen-bond acceptors (Lipinski definition) is 4. The van der Waals surface area contributed by atoms with Crippen LogP contribution >= 0.6 is 0 Å². The summed E-state index contributed by atoms with van der Waals surface area (Å²) in [6.07, 6.45) is 1.96. The molecular formula is C28H36N2O5. The molecule has 3 rings (SSSR count). The average Bonchev–Trinajstić information content (AvgIpc) is 3.12. The molecule has 1 unspecified atom stereocenters. The highest BCUT2D eigenvalue weighted by molar-refractivity contribution is 5.85. The SMILES string of the molecule is CC(C)(C)CC(NC(=O)OCC1c2ccccc2-c2ccccc21)C(=O)NCCCCCC(=O)O. The number of ether oxygens (including phenoxy) is 1. The fraction of sp³-hybridized carbons (Fsp3) is 0.464. The molecule has 0 aliphatic heterocycles. The zero-order valence-corrected chi connectivity index (χ0v) is 20.8. The first-order valence-electron chi connectivity index (χ1n) is 12.3. The van der Waals surface area contributed by atoms with Gasteiger partial charge in [-0.1, -0.05) is 75.7 Å². The monoisotopic (exact) mass is 480 g/mol. The Morgan fingerprint density at radius 1 is 0.943 bits per heavy atom. The number of carbonyl (C=O) groups excluding carboxylic acids is 2. The van der Waals surface area contributed by atoms with Crippen molar-refractivity contribution < 1.29 is 24.2 Å². The van der Waals surface area contributed by atoms with Crippen molar-refractivity contribution in [2.45, 2.75) is 64.8 Å². The molecule has 0 heterocycles. The molecule has 2 aromatic carbocycles. The van der Waals surface area contributed by atoms with Crippen LogP contribution in [0.2, 0.25) is 0 Å². The van der Waals surface area contributed by atoms with Gasteiger partial charge in [0.15, 0.2) is 0 Å². The minimum absolute atomic E-state index is 0.0474. The van der Waals surface area contributed by atoms with Crippen LogP contribution in [0.4, 0.5) is 4.79 Å². The van der Waals surface area contributed by atoms with E-state index in [-0.39, 0.29) is 30.3 Å². The molecule has 1 aliphatic rings. The Morgan fingerprint density at radius 2 is 1.54 bits per heavy atom. The summed E-state index contributed by atoms with van der Waals surface area (Å²) in [6.45, 7) is 6.66. The third-order valence-electron chi connectivity index (χ3n) is 6.14. The molecule has 0 fully saturated rings. The number of hydrogen-bond donors (Lipinski definition) is 3. The van der Waals surface area contributed by atoms with Gasteiger partial charge in [0.2, 0.25) is 5.91 Å². The number of aliphatic carboxylic acids is 1. The molecule has 188 valence electrons. The van der Waals surface area contributed by atoms with E-state index >= 15 is 0 Å². The molecular weight excluding hydrogens is 444 g/mol. The lowest BCUT2D eigenvalue weighted by Crippen LogP contribution is -2.49. The van der Waals surface area contributed by atoms with Crippen LogP contribution < -0.4 is 10.6 Å². The molecule has 0 radical (unpaired) electrons. The van der Waals surface area contributed by atoms with Crippen molar-refractivity contribution in [3.63, 3.8) is 0 Å². The quantitative estimate of drug-likeness (QED) is 0.389. The standard InChI is InChI=1S/C28H36N2O5/c1-28(2,3)17-24(26(33)29-16-10-4-5-15-25(31)32)30-27(34)35-18-23-21-13-8-6-11-19(21)20-12-7-9-14-22(20)23/h6-9,11-14,23-24H,4-5,10,15-18H2,1-3H3,(H,29,33)(H,30,34)(H,31,32). The van der Waals surface area contributed by atoms with E-state index in [1.54, 1.807) is 0 Å². The van der Waals surface area contributed by atoms with Gasteiger partial charge in [-0.2, -0.15) is 0 Å². The van der Waals surface area contributed by atoms with E-state index in [1.165, 1.54) is 0 Å². The van der Waals surface area contributed by atoms with Crippen molar-refractivity contribution in [1.29, 1.82) is 0 Å². The normalized spacial score (nSPS) is 13.5. The molecule has 0 saturated carbocycles. The predicted octanol–water partition coefficient (Wildman–Crippen LogP) is 5.09. The summed E-state index contributed by atoms with van der Waals surface area (Å²) >= 11 is 0. The van der Waals surface area contributed by atoms with Crippen molar-refractivity contribution in [2.24, 2.45) is 5.41 Å². The van der Waals surface area contributed by atoms with Gasteiger partial charge in [-0.3, -0.25) is 9.59 Å². The first-order chi connectivity index (χ1) is 16.7. The highest BCUT2D eigenvalue weighted by Crippen LogP contribution is 2.44. The second-order valence-electron chi connectivity index (χ2n) is 10.3. The van der Waals surface area contributed by atoms with Crippen LogP contribution in [0.15, 0.2) is 48.5 Å². The van der Waals surface area contributed by atoms with Crippen molar-refractivity contribution in [1.82, 2.24) is 10.6 Å². The fourth-order valence-electron chi connectivity index (χ4n) is 4.52. The Balaban J connectivity index is 1.56. The molecule has 2 aromatic rings. The lowest BCUT2D eigenvalue weighted by atomic mass is 9.88. The van der Waals surface area contributed by atoms with Crippen molar-refractivity contribution in [3.8, 4) is 11.1 Å². The van der Waals surface area contributed by atoms with E-state index < -0.39 is 18.1 Å². The van der Waals surface area contributed by atoms with Crippen LogP contribution in [-0.2, 0) is 14.3 Å². The molecule has 35 heavy (non-hydrogen) atoms. The van der Waals surface area contributed by atoms with E-state index in [9.17, 15) is 14.4 Å². The largest absolute Gasteiger partial charge is 0.481 e. The Hall–Kier alpha value is -3.35.